The fourth-order valence-electron chi connectivity index (χ4n) is 4.02. The second-order valence-corrected chi connectivity index (χ2v) is 35.6. The molecule has 0 spiro atoms. The van der Waals surface area contributed by atoms with Gasteiger partial charge in [0.2, 0.25) is 9.04 Å². The van der Waals surface area contributed by atoms with Crippen molar-refractivity contribution in [1.29, 1.82) is 0 Å². The number of hydrogen-bond donors (Lipinski definition) is 0. The SMILES string of the molecule is CCC[SiH2]OC(O[Si](C)(C)C)(O[Si](C)(C)C)/C(C)=C(/C(O[Si](C)(C)C)O[Si](C)(C)C)[SiH]1CCCCO1. The molecule has 0 bridgehead atoms. The third kappa shape index (κ3) is 13.2. The highest BCUT2D eigenvalue weighted by Gasteiger charge is 2.48. The van der Waals surface area contributed by atoms with Crippen LogP contribution in [-0.2, 0) is 26.6 Å². The van der Waals surface area contributed by atoms with Gasteiger partial charge in [-0.3, -0.25) is 0 Å². The Morgan fingerprint density at radius 2 is 1.33 bits per heavy atom. The van der Waals surface area contributed by atoms with Gasteiger partial charge >= 0.3 is 0 Å². The van der Waals surface area contributed by atoms with Gasteiger partial charge < -0.3 is 26.6 Å². The van der Waals surface area contributed by atoms with Crippen molar-refractivity contribution in [3.05, 3.63) is 10.8 Å². The Balaban J connectivity index is 3.92. The summed E-state index contributed by atoms with van der Waals surface area (Å²) in [6.07, 6.45) is 2.98. The maximum Gasteiger partial charge on any atom is 0.278 e. The molecule has 1 aliphatic heterocycles. The summed E-state index contributed by atoms with van der Waals surface area (Å²) < 4.78 is 41.1. The van der Waals surface area contributed by atoms with Crippen LogP contribution in [0.5, 0.6) is 0 Å². The molecule has 36 heavy (non-hydrogen) atoms. The van der Waals surface area contributed by atoms with Crippen LogP contribution in [0, 0.1) is 0 Å². The molecule has 0 radical (unpaired) electrons. The Morgan fingerprint density at radius 1 is 0.833 bits per heavy atom. The zero-order valence-electron chi connectivity index (χ0n) is 26.1. The second-order valence-electron chi connectivity index (χ2n) is 13.9. The summed E-state index contributed by atoms with van der Waals surface area (Å²) in [4.78, 5) is 0. The lowest BCUT2D eigenvalue weighted by atomic mass is 10.2. The summed E-state index contributed by atoms with van der Waals surface area (Å²) in [7, 11) is -10.7. The standard InChI is InChI=1S/C24H58O6Si6/c1-15-19-31-28-24(29-35(9,10)11,30-36(12,13)14)21(2)22(32-20-17-16-18-25-32)23(26-33(3,4)5)27-34(6,7)8/h23,32H,15-20,31H2,1-14H3/b22-21-. The summed E-state index contributed by atoms with van der Waals surface area (Å²) in [5.41, 5.74) is 1.01. The predicted molar refractivity (Wildman–Crippen MR) is 169 cm³/mol. The van der Waals surface area contributed by atoms with E-state index in [4.69, 9.17) is 26.6 Å². The zero-order chi connectivity index (χ0) is 28.0. The molecule has 1 rings (SSSR count). The number of rotatable bonds is 15. The molecule has 214 valence electrons. The van der Waals surface area contributed by atoms with Gasteiger partial charge in [0.1, 0.15) is 0 Å². The summed E-state index contributed by atoms with van der Waals surface area (Å²) in [6, 6.07) is 2.17. The Hall–Kier alpha value is 0.801. The van der Waals surface area contributed by atoms with E-state index in [9.17, 15) is 0 Å². The van der Waals surface area contributed by atoms with Gasteiger partial charge in [-0.25, -0.2) is 0 Å². The van der Waals surface area contributed by atoms with Crippen molar-refractivity contribution >= 4 is 52.1 Å². The molecule has 0 aromatic carbocycles. The van der Waals surface area contributed by atoms with Crippen LogP contribution >= 0.6 is 0 Å². The molecular formula is C24H58O6Si6. The van der Waals surface area contributed by atoms with Crippen LogP contribution in [0.1, 0.15) is 33.1 Å². The Morgan fingerprint density at radius 3 is 1.69 bits per heavy atom. The first kappa shape index (κ1) is 34.8. The first-order valence-electron chi connectivity index (χ1n) is 13.9. The Bertz CT molecular complexity index is 668. The predicted octanol–water partition coefficient (Wildman–Crippen LogP) is 6.69. The molecule has 1 saturated heterocycles. The van der Waals surface area contributed by atoms with Crippen molar-refractivity contribution in [2.75, 3.05) is 6.61 Å². The molecule has 1 atom stereocenters. The second kappa shape index (κ2) is 13.9. The highest BCUT2D eigenvalue weighted by atomic mass is 28.4. The van der Waals surface area contributed by atoms with E-state index in [1.54, 1.807) is 0 Å². The van der Waals surface area contributed by atoms with Crippen LogP contribution in [0.2, 0.25) is 90.7 Å². The average Bonchev–Trinajstić information content (AvgIpc) is 2.64. The van der Waals surface area contributed by atoms with Gasteiger partial charge in [-0.05, 0) is 104 Å². The smallest absolute Gasteiger partial charge is 0.278 e. The number of hydrogen-bond acceptors (Lipinski definition) is 6. The van der Waals surface area contributed by atoms with Crippen molar-refractivity contribution in [3.63, 3.8) is 0 Å². The molecule has 0 N–H and O–H groups in total. The van der Waals surface area contributed by atoms with Crippen molar-refractivity contribution in [2.24, 2.45) is 0 Å². The fraction of sp³-hybridized carbons (Fsp3) is 0.917. The van der Waals surface area contributed by atoms with Gasteiger partial charge in [0.25, 0.3) is 5.97 Å². The van der Waals surface area contributed by atoms with Gasteiger partial charge in [0.15, 0.2) is 49.3 Å². The first-order valence-corrected chi connectivity index (χ1v) is 31.0. The summed E-state index contributed by atoms with van der Waals surface area (Å²) >= 11 is 0. The Kier molecular flexibility index (Phi) is 13.5. The first-order chi connectivity index (χ1) is 16.2. The van der Waals surface area contributed by atoms with E-state index in [-0.39, 0.29) is 0 Å². The molecule has 1 heterocycles. The van der Waals surface area contributed by atoms with Gasteiger partial charge in [-0.1, -0.05) is 19.8 Å². The molecular weight excluding hydrogens is 553 g/mol. The summed E-state index contributed by atoms with van der Waals surface area (Å²) in [5, 5.41) is 1.17. The molecule has 0 aliphatic carbocycles. The molecule has 1 unspecified atom stereocenters. The topological polar surface area (TPSA) is 55.4 Å². The minimum Gasteiger partial charge on any atom is -0.415 e. The van der Waals surface area contributed by atoms with Crippen molar-refractivity contribution in [1.82, 2.24) is 0 Å². The molecule has 0 aromatic heterocycles. The maximum absolute atomic E-state index is 6.98. The molecule has 12 heteroatoms. The molecule has 0 amide bonds. The highest BCUT2D eigenvalue weighted by molar-refractivity contribution is 6.72. The van der Waals surface area contributed by atoms with Crippen LogP contribution in [0.4, 0.5) is 0 Å². The average molecular weight is 611 g/mol. The van der Waals surface area contributed by atoms with Gasteiger partial charge in [-0.15, -0.1) is 0 Å². The van der Waals surface area contributed by atoms with Gasteiger partial charge in [0, 0.05) is 17.4 Å². The van der Waals surface area contributed by atoms with Crippen LogP contribution in [0.25, 0.3) is 0 Å². The van der Waals surface area contributed by atoms with E-state index < -0.39 is 64.3 Å². The van der Waals surface area contributed by atoms with Crippen molar-refractivity contribution in [3.8, 4) is 0 Å². The van der Waals surface area contributed by atoms with Crippen LogP contribution in [0.15, 0.2) is 10.8 Å². The molecule has 0 aromatic rings. The lowest BCUT2D eigenvalue weighted by Crippen LogP contribution is -2.55. The minimum absolute atomic E-state index is 0.426. The normalized spacial score (nSPS) is 19.9. The maximum atomic E-state index is 6.98. The van der Waals surface area contributed by atoms with E-state index in [1.807, 2.05) is 0 Å². The van der Waals surface area contributed by atoms with E-state index in [1.165, 1.54) is 11.6 Å². The molecule has 1 fully saturated rings. The highest BCUT2D eigenvalue weighted by Crippen LogP contribution is 2.38. The van der Waals surface area contributed by atoms with Crippen molar-refractivity contribution in [2.45, 2.75) is 136 Å². The minimum atomic E-state index is -2.07. The van der Waals surface area contributed by atoms with E-state index in [2.05, 4.69) is 92.4 Å². The zero-order valence-corrected chi connectivity index (χ0v) is 32.6. The van der Waals surface area contributed by atoms with E-state index in [0.717, 1.165) is 37.1 Å². The molecule has 6 nitrogen and oxygen atoms in total. The monoisotopic (exact) mass is 610 g/mol. The third-order valence-electron chi connectivity index (χ3n) is 5.27. The summed E-state index contributed by atoms with van der Waals surface area (Å²) in [5.74, 6) is -1.18. The lowest BCUT2D eigenvalue weighted by molar-refractivity contribution is -0.236. The van der Waals surface area contributed by atoms with E-state index >= 15 is 0 Å². The lowest BCUT2D eigenvalue weighted by Gasteiger charge is -2.46. The molecule has 1 aliphatic rings. The van der Waals surface area contributed by atoms with Gasteiger partial charge in [0.05, 0.1) is 0 Å². The Labute approximate surface area is 231 Å². The summed E-state index contributed by atoms with van der Waals surface area (Å²) in [6.45, 7) is 31.9. The van der Waals surface area contributed by atoms with Crippen molar-refractivity contribution < 1.29 is 26.6 Å². The largest absolute Gasteiger partial charge is 0.415 e. The van der Waals surface area contributed by atoms with E-state index in [0.29, 0.717) is 0 Å². The third-order valence-corrected chi connectivity index (χ3v) is 13.4. The quantitative estimate of drug-likeness (QED) is 0.117. The van der Waals surface area contributed by atoms with Crippen LogP contribution < -0.4 is 0 Å². The molecule has 0 saturated carbocycles. The van der Waals surface area contributed by atoms with Crippen LogP contribution in [0.3, 0.4) is 0 Å². The van der Waals surface area contributed by atoms with Gasteiger partial charge in [-0.2, -0.15) is 0 Å². The fourth-order valence-corrected chi connectivity index (χ4v) is 12.4. The van der Waals surface area contributed by atoms with Crippen LogP contribution in [-0.4, -0.2) is 70.9 Å².